The maximum absolute atomic E-state index is 10.2. The van der Waals surface area contributed by atoms with Crippen LogP contribution in [0.3, 0.4) is 0 Å². The molecule has 1 N–H and O–H groups in total. The second-order valence-corrected chi connectivity index (χ2v) is 5.81. The van der Waals surface area contributed by atoms with Gasteiger partial charge in [0.2, 0.25) is 0 Å². The summed E-state index contributed by atoms with van der Waals surface area (Å²) < 4.78 is 0. The number of aryl methyl sites for hydroxylation is 1. The zero-order chi connectivity index (χ0) is 13.7. The zero-order valence-corrected chi connectivity index (χ0v) is 12.1. The van der Waals surface area contributed by atoms with E-state index in [2.05, 4.69) is 48.2 Å². The molecule has 2 atom stereocenters. The summed E-state index contributed by atoms with van der Waals surface area (Å²) in [5, 5.41) is 10.2. The number of likely N-dealkylation sites (N-methyl/N-ethyl adjacent to an activating group) is 2. The average Bonchev–Trinajstić information content (AvgIpc) is 2.42. The van der Waals surface area contributed by atoms with Gasteiger partial charge in [0.05, 0.1) is 6.10 Å². The molecule has 1 aromatic carbocycles. The predicted octanol–water partition coefficient (Wildman–Crippen LogP) is 1.62. The zero-order valence-electron chi connectivity index (χ0n) is 12.1. The van der Waals surface area contributed by atoms with E-state index < -0.39 is 0 Å². The largest absolute Gasteiger partial charge is 0.393 e. The van der Waals surface area contributed by atoms with Crippen molar-refractivity contribution in [3.8, 4) is 0 Å². The van der Waals surface area contributed by atoms with E-state index in [0.717, 1.165) is 38.9 Å². The fraction of sp³-hybridized carbons (Fsp3) is 0.625. The summed E-state index contributed by atoms with van der Waals surface area (Å²) in [7, 11) is 4.33. The van der Waals surface area contributed by atoms with Gasteiger partial charge in [0.15, 0.2) is 0 Å². The van der Waals surface area contributed by atoms with Crippen molar-refractivity contribution in [2.45, 2.75) is 31.4 Å². The van der Waals surface area contributed by atoms with Gasteiger partial charge in [0.25, 0.3) is 0 Å². The van der Waals surface area contributed by atoms with E-state index in [9.17, 15) is 5.11 Å². The van der Waals surface area contributed by atoms with Gasteiger partial charge in [-0.1, -0.05) is 30.3 Å². The minimum atomic E-state index is -0.195. The summed E-state index contributed by atoms with van der Waals surface area (Å²) in [6.07, 6.45) is 2.51. The Kier molecular flexibility index (Phi) is 5.37. The Labute approximate surface area is 116 Å². The van der Waals surface area contributed by atoms with Crippen molar-refractivity contribution >= 4 is 0 Å². The highest BCUT2D eigenvalue weighted by atomic mass is 16.3. The number of aliphatic hydroxyl groups excluding tert-OH is 1. The molecule has 1 saturated heterocycles. The lowest BCUT2D eigenvalue weighted by Crippen LogP contribution is -2.51. The van der Waals surface area contributed by atoms with Crippen molar-refractivity contribution in [1.82, 2.24) is 9.80 Å². The normalized spacial score (nSPS) is 23.4. The molecule has 3 heteroatoms. The van der Waals surface area contributed by atoms with Gasteiger partial charge in [-0.3, -0.25) is 0 Å². The number of aliphatic hydroxyl groups is 1. The van der Waals surface area contributed by atoms with Crippen LogP contribution in [0.4, 0.5) is 0 Å². The molecular formula is C16H26N2O. The molecule has 2 rings (SSSR count). The summed E-state index contributed by atoms with van der Waals surface area (Å²) in [5.41, 5.74) is 1.32. The summed E-state index contributed by atoms with van der Waals surface area (Å²) in [6.45, 7) is 3.30. The molecule has 0 aromatic heterocycles. The van der Waals surface area contributed by atoms with Crippen molar-refractivity contribution in [2.75, 3.05) is 33.7 Å². The van der Waals surface area contributed by atoms with Gasteiger partial charge < -0.3 is 14.9 Å². The lowest BCUT2D eigenvalue weighted by atomic mass is 10.00. The monoisotopic (exact) mass is 262 g/mol. The Hall–Kier alpha value is -0.900. The van der Waals surface area contributed by atoms with E-state index in [1.165, 1.54) is 5.56 Å². The average molecular weight is 262 g/mol. The van der Waals surface area contributed by atoms with Gasteiger partial charge in [-0.05, 0) is 38.9 Å². The third-order valence-corrected chi connectivity index (χ3v) is 4.13. The quantitative estimate of drug-likeness (QED) is 0.873. The molecule has 0 spiro atoms. The van der Waals surface area contributed by atoms with Crippen LogP contribution in [0.25, 0.3) is 0 Å². The Morgan fingerprint density at radius 1 is 1.21 bits per heavy atom. The number of hydrogen-bond acceptors (Lipinski definition) is 3. The number of piperazine rings is 1. The highest BCUT2D eigenvalue weighted by molar-refractivity contribution is 5.14. The Bertz CT molecular complexity index is 368. The summed E-state index contributed by atoms with van der Waals surface area (Å²) in [5.74, 6) is 0. The number of rotatable bonds is 5. The second-order valence-electron chi connectivity index (χ2n) is 5.81. The topological polar surface area (TPSA) is 26.7 Å². The lowest BCUT2D eigenvalue weighted by molar-refractivity contribution is 0.0606. The van der Waals surface area contributed by atoms with E-state index in [1.807, 2.05) is 6.07 Å². The molecule has 19 heavy (non-hydrogen) atoms. The van der Waals surface area contributed by atoms with Crippen molar-refractivity contribution in [1.29, 1.82) is 0 Å². The summed E-state index contributed by atoms with van der Waals surface area (Å²) in [6, 6.07) is 10.9. The second kappa shape index (κ2) is 7.04. The van der Waals surface area contributed by atoms with Crippen LogP contribution in [0.15, 0.2) is 30.3 Å². The van der Waals surface area contributed by atoms with Gasteiger partial charge in [0.1, 0.15) is 0 Å². The highest BCUT2D eigenvalue weighted by Crippen LogP contribution is 2.15. The number of nitrogens with zero attached hydrogens (tertiary/aromatic N) is 2. The molecule has 2 unspecified atom stereocenters. The van der Waals surface area contributed by atoms with Crippen molar-refractivity contribution in [3.63, 3.8) is 0 Å². The van der Waals surface area contributed by atoms with Gasteiger partial charge in [-0.15, -0.1) is 0 Å². The maximum Gasteiger partial charge on any atom is 0.0558 e. The molecule has 0 aliphatic carbocycles. The van der Waals surface area contributed by atoms with Crippen LogP contribution in [-0.2, 0) is 6.42 Å². The molecule has 1 fully saturated rings. The molecule has 0 radical (unpaired) electrons. The summed E-state index contributed by atoms with van der Waals surface area (Å²) in [4.78, 5) is 4.74. The summed E-state index contributed by atoms with van der Waals surface area (Å²) >= 11 is 0. The molecule has 1 heterocycles. The molecule has 1 aliphatic rings. The van der Waals surface area contributed by atoms with Crippen molar-refractivity contribution in [3.05, 3.63) is 35.9 Å². The van der Waals surface area contributed by atoms with Gasteiger partial charge >= 0.3 is 0 Å². The Balaban J connectivity index is 1.76. The molecule has 106 valence electrons. The minimum absolute atomic E-state index is 0.195. The molecular weight excluding hydrogens is 236 g/mol. The Morgan fingerprint density at radius 2 is 1.95 bits per heavy atom. The van der Waals surface area contributed by atoms with E-state index in [4.69, 9.17) is 0 Å². The fourth-order valence-electron chi connectivity index (χ4n) is 2.77. The van der Waals surface area contributed by atoms with Crippen LogP contribution < -0.4 is 0 Å². The van der Waals surface area contributed by atoms with Crippen LogP contribution in [0.2, 0.25) is 0 Å². The van der Waals surface area contributed by atoms with E-state index in [1.54, 1.807) is 0 Å². The molecule has 0 saturated carbocycles. The van der Waals surface area contributed by atoms with Crippen LogP contribution >= 0.6 is 0 Å². The van der Waals surface area contributed by atoms with Crippen LogP contribution in [0.1, 0.15) is 18.4 Å². The smallest absolute Gasteiger partial charge is 0.0558 e. The fourth-order valence-corrected chi connectivity index (χ4v) is 2.77. The highest BCUT2D eigenvalue weighted by Gasteiger charge is 2.24. The number of hydrogen-bond donors (Lipinski definition) is 1. The van der Waals surface area contributed by atoms with Crippen LogP contribution in [-0.4, -0.2) is 60.8 Å². The number of benzene rings is 1. The molecule has 1 aliphatic heterocycles. The molecule has 3 nitrogen and oxygen atoms in total. The van der Waals surface area contributed by atoms with Crippen LogP contribution in [0.5, 0.6) is 0 Å². The van der Waals surface area contributed by atoms with Gasteiger partial charge in [0, 0.05) is 25.7 Å². The Morgan fingerprint density at radius 3 is 2.68 bits per heavy atom. The molecule has 0 bridgehead atoms. The molecule has 1 aromatic rings. The first-order valence-electron chi connectivity index (χ1n) is 7.26. The third-order valence-electron chi connectivity index (χ3n) is 4.13. The van der Waals surface area contributed by atoms with Crippen LogP contribution in [0, 0.1) is 0 Å². The predicted molar refractivity (Wildman–Crippen MR) is 79.3 cm³/mol. The van der Waals surface area contributed by atoms with Crippen molar-refractivity contribution < 1.29 is 5.11 Å². The first-order chi connectivity index (χ1) is 9.15. The third kappa shape index (κ3) is 4.60. The van der Waals surface area contributed by atoms with Gasteiger partial charge in [-0.2, -0.15) is 0 Å². The van der Waals surface area contributed by atoms with E-state index >= 15 is 0 Å². The molecule has 0 amide bonds. The minimum Gasteiger partial charge on any atom is -0.393 e. The standard InChI is InChI=1S/C16H26N2O/c1-17-10-11-18(2)15(13-17)12-16(19)9-8-14-6-4-3-5-7-14/h3-7,15-16,19H,8-13H2,1-2H3. The maximum atomic E-state index is 10.2. The van der Waals surface area contributed by atoms with Crippen molar-refractivity contribution in [2.24, 2.45) is 0 Å². The van der Waals surface area contributed by atoms with Gasteiger partial charge in [-0.25, -0.2) is 0 Å². The van der Waals surface area contributed by atoms with E-state index in [0.29, 0.717) is 6.04 Å². The van der Waals surface area contributed by atoms with E-state index in [-0.39, 0.29) is 6.10 Å². The lowest BCUT2D eigenvalue weighted by Gasteiger charge is -2.38. The first-order valence-corrected chi connectivity index (χ1v) is 7.26. The first kappa shape index (κ1) is 14.5. The SMILES string of the molecule is CN1CCN(C)C(CC(O)CCc2ccccc2)C1.